The van der Waals surface area contributed by atoms with Crippen LogP contribution in [0.15, 0.2) is 39.9 Å². The van der Waals surface area contributed by atoms with Crippen molar-refractivity contribution in [1.29, 1.82) is 0 Å². The molecular formula is C22H30N4O5. The highest BCUT2D eigenvalue weighted by Crippen LogP contribution is 2.26. The number of benzene rings is 1. The van der Waals surface area contributed by atoms with Crippen LogP contribution in [0.25, 0.3) is 0 Å². The van der Waals surface area contributed by atoms with Crippen molar-refractivity contribution in [1.82, 2.24) is 14.0 Å². The normalized spacial score (nSPS) is 14.5. The third-order valence-electron chi connectivity index (χ3n) is 5.35. The second-order valence-corrected chi connectivity index (χ2v) is 7.71. The van der Waals surface area contributed by atoms with E-state index in [0.29, 0.717) is 23.9 Å². The first kappa shape index (κ1) is 22.6. The quantitative estimate of drug-likeness (QED) is 0.540. The van der Waals surface area contributed by atoms with Gasteiger partial charge in [-0.15, -0.1) is 0 Å². The molecule has 0 saturated carbocycles. The molecule has 0 N–H and O–H groups in total. The second-order valence-electron chi connectivity index (χ2n) is 7.71. The lowest BCUT2D eigenvalue weighted by Gasteiger charge is -2.36. The summed E-state index contributed by atoms with van der Waals surface area (Å²) in [7, 11) is 3.18. The molecule has 1 aromatic heterocycles. The van der Waals surface area contributed by atoms with Crippen LogP contribution in [0.1, 0.15) is 13.3 Å². The molecular weight excluding hydrogens is 400 g/mol. The van der Waals surface area contributed by atoms with E-state index in [9.17, 15) is 14.4 Å². The van der Waals surface area contributed by atoms with Crippen LogP contribution in [-0.2, 0) is 18.9 Å². The molecule has 2 aromatic rings. The fourth-order valence-electron chi connectivity index (χ4n) is 3.56. The highest BCUT2D eigenvalue weighted by atomic mass is 16.5. The zero-order valence-corrected chi connectivity index (χ0v) is 18.4. The third kappa shape index (κ3) is 5.75. The van der Waals surface area contributed by atoms with Gasteiger partial charge in [-0.25, -0.2) is 4.79 Å². The number of ether oxygens (including phenoxy) is 2. The summed E-state index contributed by atoms with van der Waals surface area (Å²) in [6.07, 6.45) is 0.853. The number of anilines is 1. The van der Waals surface area contributed by atoms with Gasteiger partial charge in [0.25, 0.3) is 5.56 Å². The van der Waals surface area contributed by atoms with Crippen molar-refractivity contribution in [2.45, 2.75) is 13.3 Å². The van der Waals surface area contributed by atoms with Crippen LogP contribution < -0.4 is 25.6 Å². The van der Waals surface area contributed by atoms with E-state index in [4.69, 9.17) is 9.47 Å². The fraction of sp³-hybridized carbons (Fsp3) is 0.500. The SMILES string of the molecule is CC(=O)COc1ccccc1OCCCN1CCN(c2cc(=O)n(C)c(=O)n2C)CC1. The molecule has 2 heterocycles. The first-order valence-electron chi connectivity index (χ1n) is 10.4. The number of carbonyl (C=O) groups is 1. The van der Waals surface area contributed by atoms with Crippen molar-refractivity contribution in [3.05, 3.63) is 51.2 Å². The molecule has 0 radical (unpaired) electrons. The monoisotopic (exact) mass is 430 g/mol. The average Bonchev–Trinajstić information content (AvgIpc) is 2.77. The summed E-state index contributed by atoms with van der Waals surface area (Å²) in [6, 6.07) is 8.88. The van der Waals surface area contributed by atoms with Crippen molar-refractivity contribution in [2.24, 2.45) is 14.1 Å². The van der Waals surface area contributed by atoms with Crippen LogP contribution >= 0.6 is 0 Å². The van der Waals surface area contributed by atoms with Gasteiger partial charge in [0.1, 0.15) is 12.4 Å². The molecule has 1 fully saturated rings. The maximum atomic E-state index is 12.2. The molecule has 0 amide bonds. The number of ketones is 1. The molecule has 0 aliphatic carbocycles. The van der Waals surface area contributed by atoms with Gasteiger partial charge in [0.2, 0.25) is 0 Å². The summed E-state index contributed by atoms with van der Waals surface area (Å²) in [6.45, 7) is 6.16. The number of hydrogen-bond donors (Lipinski definition) is 0. The van der Waals surface area contributed by atoms with E-state index in [1.807, 2.05) is 18.2 Å². The molecule has 0 atom stereocenters. The second kappa shape index (κ2) is 10.3. The van der Waals surface area contributed by atoms with Gasteiger partial charge in [-0.05, 0) is 25.5 Å². The number of para-hydroxylation sites is 2. The predicted molar refractivity (Wildman–Crippen MR) is 118 cm³/mol. The first-order valence-corrected chi connectivity index (χ1v) is 10.4. The zero-order chi connectivity index (χ0) is 22.4. The molecule has 9 nitrogen and oxygen atoms in total. The van der Waals surface area contributed by atoms with Crippen LogP contribution in [0.4, 0.5) is 5.82 Å². The van der Waals surface area contributed by atoms with Gasteiger partial charge in [0.15, 0.2) is 17.3 Å². The van der Waals surface area contributed by atoms with Crippen molar-refractivity contribution in [2.75, 3.05) is 50.8 Å². The highest BCUT2D eigenvalue weighted by molar-refractivity contribution is 5.77. The lowest BCUT2D eigenvalue weighted by atomic mass is 10.3. The summed E-state index contributed by atoms with van der Waals surface area (Å²) in [4.78, 5) is 39.7. The van der Waals surface area contributed by atoms with Gasteiger partial charge in [-0.2, -0.15) is 0 Å². The number of aromatic nitrogens is 2. The molecule has 1 saturated heterocycles. The van der Waals surface area contributed by atoms with E-state index >= 15 is 0 Å². The van der Waals surface area contributed by atoms with E-state index in [1.165, 1.54) is 24.6 Å². The molecule has 1 aliphatic heterocycles. The predicted octanol–water partition coefficient (Wildman–Crippen LogP) is 0.643. The summed E-state index contributed by atoms with van der Waals surface area (Å²) >= 11 is 0. The van der Waals surface area contributed by atoms with E-state index in [0.717, 1.165) is 43.7 Å². The molecule has 1 aromatic carbocycles. The maximum Gasteiger partial charge on any atom is 0.332 e. The molecule has 9 heteroatoms. The first-order chi connectivity index (χ1) is 14.9. The van der Waals surface area contributed by atoms with Gasteiger partial charge < -0.3 is 14.4 Å². The fourth-order valence-corrected chi connectivity index (χ4v) is 3.56. The number of hydrogen-bond acceptors (Lipinski definition) is 7. The molecule has 31 heavy (non-hydrogen) atoms. The topological polar surface area (TPSA) is 86.0 Å². The number of carbonyl (C=O) groups excluding carboxylic acids is 1. The van der Waals surface area contributed by atoms with Crippen molar-refractivity contribution < 1.29 is 14.3 Å². The Balaban J connectivity index is 1.45. The van der Waals surface area contributed by atoms with Crippen molar-refractivity contribution >= 4 is 11.6 Å². The van der Waals surface area contributed by atoms with Crippen LogP contribution in [0, 0.1) is 0 Å². The van der Waals surface area contributed by atoms with Gasteiger partial charge in [0.05, 0.1) is 6.61 Å². The summed E-state index contributed by atoms with van der Waals surface area (Å²) in [5.74, 6) is 1.84. The van der Waals surface area contributed by atoms with Gasteiger partial charge in [0, 0.05) is 52.9 Å². The van der Waals surface area contributed by atoms with E-state index in [-0.39, 0.29) is 23.6 Å². The minimum atomic E-state index is -0.311. The standard InChI is InChI=1S/C22H30N4O5/c1-17(27)16-31-19-8-5-4-7-18(19)30-14-6-9-25-10-12-26(13-11-25)20-15-21(28)24(3)22(29)23(20)2/h4-5,7-8,15H,6,9-14,16H2,1-3H3. The summed E-state index contributed by atoms with van der Waals surface area (Å²) in [5.41, 5.74) is -0.597. The summed E-state index contributed by atoms with van der Waals surface area (Å²) < 4.78 is 14.0. The molecule has 0 bridgehead atoms. The van der Waals surface area contributed by atoms with E-state index in [2.05, 4.69) is 9.80 Å². The largest absolute Gasteiger partial charge is 0.490 e. The van der Waals surface area contributed by atoms with E-state index in [1.54, 1.807) is 13.1 Å². The van der Waals surface area contributed by atoms with Crippen molar-refractivity contribution in [3.8, 4) is 11.5 Å². The van der Waals surface area contributed by atoms with Gasteiger partial charge in [-0.3, -0.25) is 23.6 Å². The minimum Gasteiger partial charge on any atom is -0.490 e. The Hall–Kier alpha value is -3.07. The lowest BCUT2D eigenvalue weighted by molar-refractivity contribution is -0.118. The number of Topliss-reactive ketones (excluding diaryl/α,β-unsaturated/α-hetero) is 1. The molecule has 3 rings (SSSR count). The number of rotatable bonds is 9. The zero-order valence-electron chi connectivity index (χ0n) is 18.4. The van der Waals surface area contributed by atoms with Gasteiger partial charge >= 0.3 is 5.69 Å². The Morgan fingerprint density at radius 1 is 0.968 bits per heavy atom. The van der Waals surface area contributed by atoms with Crippen LogP contribution in [0.3, 0.4) is 0 Å². The van der Waals surface area contributed by atoms with E-state index < -0.39 is 0 Å². The lowest BCUT2D eigenvalue weighted by Crippen LogP contribution is -2.49. The maximum absolute atomic E-state index is 12.2. The molecule has 1 aliphatic rings. The Morgan fingerprint density at radius 3 is 2.26 bits per heavy atom. The highest BCUT2D eigenvalue weighted by Gasteiger charge is 2.20. The Morgan fingerprint density at radius 2 is 1.61 bits per heavy atom. The molecule has 0 spiro atoms. The molecule has 0 unspecified atom stereocenters. The van der Waals surface area contributed by atoms with Crippen molar-refractivity contribution in [3.63, 3.8) is 0 Å². The Labute approximate surface area is 181 Å². The number of nitrogens with zero attached hydrogens (tertiary/aromatic N) is 4. The summed E-state index contributed by atoms with van der Waals surface area (Å²) in [5, 5.41) is 0. The van der Waals surface area contributed by atoms with Crippen LogP contribution in [-0.4, -0.2) is 65.8 Å². The molecule has 168 valence electrons. The van der Waals surface area contributed by atoms with Gasteiger partial charge in [-0.1, -0.05) is 12.1 Å². The third-order valence-corrected chi connectivity index (χ3v) is 5.35. The minimum absolute atomic E-state index is 0.0315. The van der Waals surface area contributed by atoms with Crippen LogP contribution in [0.5, 0.6) is 11.5 Å². The smallest absolute Gasteiger partial charge is 0.332 e. The Bertz CT molecular complexity index is 1020. The Kier molecular flexibility index (Phi) is 7.51. The van der Waals surface area contributed by atoms with Crippen LogP contribution in [0.2, 0.25) is 0 Å². The average molecular weight is 431 g/mol. The number of piperazine rings is 1.